The monoisotopic (exact) mass is 249 g/mol. The summed E-state index contributed by atoms with van der Waals surface area (Å²) in [5, 5.41) is 5.50. The topological polar surface area (TPSA) is 84.2 Å². The molecule has 0 radical (unpaired) electrons. The van der Waals surface area contributed by atoms with Crippen LogP contribution in [-0.2, 0) is 9.59 Å². The Kier molecular flexibility index (Phi) is 5.87. The fraction of sp³-hybridized carbons (Fsp3) is 0.385. The van der Waals surface area contributed by atoms with Crippen LogP contribution >= 0.6 is 0 Å². The normalized spacial score (nSPS) is 9.89. The van der Waals surface area contributed by atoms with Gasteiger partial charge in [0, 0.05) is 24.2 Å². The van der Waals surface area contributed by atoms with Crippen molar-refractivity contribution < 1.29 is 9.59 Å². The molecule has 0 bridgehead atoms. The Labute approximate surface area is 107 Å². The van der Waals surface area contributed by atoms with E-state index in [1.54, 1.807) is 31.2 Å². The Balaban J connectivity index is 2.59. The third-order valence-corrected chi connectivity index (χ3v) is 2.36. The molecule has 0 aliphatic rings. The van der Waals surface area contributed by atoms with Gasteiger partial charge < -0.3 is 16.4 Å². The van der Waals surface area contributed by atoms with E-state index in [2.05, 4.69) is 10.6 Å². The van der Waals surface area contributed by atoms with E-state index < -0.39 is 0 Å². The number of hydrogen-bond acceptors (Lipinski definition) is 3. The molecule has 0 aliphatic heterocycles. The summed E-state index contributed by atoms with van der Waals surface area (Å²) in [6.07, 6.45) is 1.49. The molecule has 0 unspecified atom stereocenters. The van der Waals surface area contributed by atoms with E-state index in [0.29, 0.717) is 37.2 Å². The second kappa shape index (κ2) is 7.45. The van der Waals surface area contributed by atoms with Crippen molar-refractivity contribution >= 4 is 23.2 Å². The summed E-state index contributed by atoms with van der Waals surface area (Å²) in [7, 11) is 0. The Bertz CT molecular complexity index is 418. The van der Waals surface area contributed by atoms with Crippen molar-refractivity contribution in [2.24, 2.45) is 5.73 Å². The highest BCUT2D eigenvalue weighted by atomic mass is 16.2. The van der Waals surface area contributed by atoms with Crippen LogP contribution < -0.4 is 16.4 Å². The molecule has 0 fully saturated rings. The van der Waals surface area contributed by atoms with Crippen molar-refractivity contribution in [2.45, 2.75) is 26.2 Å². The van der Waals surface area contributed by atoms with Crippen LogP contribution in [0.3, 0.4) is 0 Å². The first-order valence-corrected chi connectivity index (χ1v) is 6.05. The Morgan fingerprint density at radius 3 is 2.33 bits per heavy atom. The van der Waals surface area contributed by atoms with Crippen molar-refractivity contribution in [3.05, 3.63) is 24.3 Å². The Morgan fingerprint density at radius 1 is 1.17 bits per heavy atom. The molecule has 0 atom stereocenters. The molecule has 18 heavy (non-hydrogen) atoms. The van der Waals surface area contributed by atoms with Crippen LogP contribution in [0.15, 0.2) is 24.3 Å². The minimum absolute atomic E-state index is 0.0541. The molecule has 0 spiro atoms. The standard InChI is InChI=1S/C13H19N3O2/c1-2-12(17)15-10-5-3-6-11(9-10)16-13(18)7-4-8-14/h3,5-6,9H,2,4,7-8,14H2,1H3,(H,15,17)(H,16,18). The largest absolute Gasteiger partial charge is 0.330 e. The van der Waals surface area contributed by atoms with E-state index in [9.17, 15) is 9.59 Å². The first-order chi connectivity index (χ1) is 8.65. The molecule has 0 aromatic heterocycles. The maximum Gasteiger partial charge on any atom is 0.224 e. The number of amides is 2. The lowest BCUT2D eigenvalue weighted by Gasteiger charge is -2.08. The maximum absolute atomic E-state index is 11.5. The molecule has 0 aliphatic carbocycles. The van der Waals surface area contributed by atoms with Gasteiger partial charge in [-0.2, -0.15) is 0 Å². The van der Waals surface area contributed by atoms with Gasteiger partial charge in [-0.3, -0.25) is 9.59 Å². The first-order valence-electron chi connectivity index (χ1n) is 6.05. The summed E-state index contributed by atoms with van der Waals surface area (Å²) < 4.78 is 0. The highest BCUT2D eigenvalue weighted by Gasteiger charge is 2.03. The lowest BCUT2D eigenvalue weighted by molar-refractivity contribution is -0.116. The summed E-state index contributed by atoms with van der Waals surface area (Å²) in [5.41, 5.74) is 6.69. The predicted octanol–water partition coefficient (Wildman–Crippen LogP) is 1.71. The zero-order valence-electron chi connectivity index (χ0n) is 10.5. The van der Waals surface area contributed by atoms with Crippen LogP contribution in [0.4, 0.5) is 11.4 Å². The zero-order chi connectivity index (χ0) is 13.4. The van der Waals surface area contributed by atoms with Gasteiger partial charge in [0.25, 0.3) is 0 Å². The summed E-state index contributed by atoms with van der Waals surface area (Å²) in [5.74, 6) is -0.124. The summed E-state index contributed by atoms with van der Waals surface area (Å²) in [4.78, 5) is 22.8. The van der Waals surface area contributed by atoms with E-state index in [-0.39, 0.29) is 11.8 Å². The average molecular weight is 249 g/mol. The number of carbonyl (C=O) groups is 2. The fourth-order valence-electron chi connectivity index (χ4n) is 1.41. The molecule has 98 valence electrons. The number of carbonyl (C=O) groups excluding carboxylic acids is 2. The van der Waals surface area contributed by atoms with Gasteiger partial charge in [0.1, 0.15) is 0 Å². The van der Waals surface area contributed by atoms with Crippen molar-refractivity contribution in [3.8, 4) is 0 Å². The summed E-state index contributed by atoms with van der Waals surface area (Å²) >= 11 is 0. The van der Waals surface area contributed by atoms with Gasteiger partial charge in [-0.1, -0.05) is 13.0 Å². The molecule has 2 amide bonds. The quantitative estimate of drug-likeness (QED) is 0.717. The third-order valence-electron chi connectivity index (χ3n) is 2.36. The van der Waals surface area contributed by atoms with Gasteiger partial charge in [0.15, 0.2) is 0 Å². The fourth-order valence-corrected chi connectivity index (χ4v) is 1.41. The molecule has 5 heteroatoms. The van der Waals surface area contributed by atoms with Gasteiger partial charge in [0.05, 0.1) is 0 Å². The van der Waals surface area contributed by atoms with Gasteiger partial charge >= 0.3 is 0 Å². The summed E-state index contributed by atoms with van der Waals surface area (Å²) in [6, 6.07) is 7.07. The molecule has 5 nitrogen and oxygen atoms in total. The highest BCUT2D eigenvalue weighted by molar-refractivity contribution is 5.93. The second-order valence-electron chi connectivity index (χ2n) is 3.92. The van der Waals surface area contributed by atoms with E-state index in [1.807, 2.05) is 0 Å². The molecule has 0 saturated carbocycles. The van der Waals surface area contributed by atoms with Crippen LogP contribution in [0.5, 0.6) is 0 Å². The molecular weight excluding hydrogens is 230 g/mol. The van der Waals surface area contributed by atoms with E-state index in [1.165, 1.54) is 0 Å². The van der Waals surface area contributed by atoms with Crippen molar-refractivity contribution in [2.75, 3.05) is 17.2 Å². The van der Waals surface area contributed by atoms with Crippen LogP contribution in [0.2, 0.25) is 0 Å². The third kappa shape index (κ3) is 4.97. The number of hydrogen-bond donors (Lipinski definition) is 3. The minimum atomic E-state index is -0.0700. The van der Waals surface area contributed by atoms with Crippen molar-refractivity contribution in [1.29, 1.82) is 0 Å². The molecule has 0 heterocycles. The van der Waals surface area contributed by atoms with Gasteiger partial charge in [-0.15, -0.1) is 0 Å². The number of rotatable bonds is 6. The Morgan fingerprint density at radius 2 is 1.78 bits per heavy atom. The summed E-state index contributed by atoms with van der Waals surface area (Å²) in [6.45, 7) is 2.29. The van der Waals surface area contributed by atoms with E-state index in [4.69, 9.17) is 5.73 Å². The van der Waals surface area contributed by atoms with Gasteiger partial charge in [-0.25, -0.2) is 0 Å². The average Bonchev–Trinajstić information content (AvgIpc) is 2.36. The van der Waals surface area contributed by atoms with Crippen LogP contribution in [-0.4, -0.2) is 18.4 Å². The van der Waals surface area contributed by atoms with Gasteiger partial charge in [-0.05, 0) is 31.2 Å². The highest BCUT2D eigenvalue weighted by Crippen LogP contribution is 2.15. The number of benzene rings is 1. The lowest BCUT2D eigenvalue weighted by atomic mass is 10.2. The van der Waals surface area contributed by atoms with Crippen LogP contribution in [0.25, 0.3) is 0 Å². The van der Waals surface area contributed by atoms with Crippen molar-refractivity contribution in [1.82, 2.24) is 0 Å². The number of nitrogens with two attached hydrogens (primary N) is 1. The van der Waals surface area contributed by atoms with Crippen LogP contribution in [0, 0.1) is 0 Å². The molecule has 1 rings (SSSR count). The predicted molar refractivity (Wildman–Crippen MR) is 72.3 cm³/mol. The SMILES string of the molecule is CCC(=O)Nc1cccc(NC(=O)CCCN)c1. The minimum Gasteiger partial charge on any atom is -0.330 e. The molecule has 0 saturated heterocycles. The second-order valence-corrected chi connectivity index (χ2v) is 3.92. The molecule has 1 aromatic rings. The smallest absolute Gasteiger partial charge is 0.224 e. The Hall–Kier alpha value is -1.88. The number of nitrogens with one attached hydrogen (secondary N) is 2. The van der Waals surface area contributed by atoms with Crippen LogP contribution in [0.1, 0.15) is 26.2 Å². The lowest BCUT2D eigenvalue weighted by Crippen LogP contribution is -2.14. The maximum atomic E-state index is 11.5. The van der Waals surface area contributed by atoms with E-state index >= 15 is 0 Å². The molecule has 4 N–H and O–H groups in total. The molecule has 1 aromatic carbocycles. The van der Waals surface area contributed by atoms with Gasteiger partial charge in [0.2, 0.25) is 11.8 Å². The first kappa shape index (κ1) is 14.2. The molecular formula is C13H19N3O2. The number of anilines is 2. The van der Waals surface area contributed by atoms with Crippen molar-refractivity contribution in [3.63, 3.8) is 0 Å². The zero-order valence-corrected chi connectivity index (χ0v) is 10.5. The van der Waals surface area contributed by atoms with E-state index in [0.717, 1.165) is 0 Å².